The Morgan fingerprint density at radius 3 is 2.94 bits per heavy atom. The summed E-state index contributed by atoms with van der Waals surface area (Å²) in [4.78, 5) is 22.3. The van der Waals surface area contributed by atoms with Crippen LogP contribution in [-0.4, -0.2) is 10.5 Å². The number of nitrogens with zero attached hydrogens (tertiary/aromatic N) is 1. The minimum atomic E-state index is -0.453. The fourth-order valence-electron chi connectivity index (χ4n) is 1.73. The summed E-state index contributed by atoms with van der Waals surface area (Å²) in [6.45, 7) is 2.14. The zero-order valence-electron chi connectivity index (χ0n) is 8.90. The number of benzene rings is 1. The highest BCUT2D eigenvalue weighted by Gasteiger charge is 2.11. The fourth-order valence-corrected chi connectivity index (χ4v) is 1.73. The van der Waals surface area contributed by atoms with E-state index in [2.05, 4.69) is 0 Å². The maximum Gasteiger partial charge on any atom is 0.419 e. The minimum Gasteiger partial charge on any atom is -0.408 e. The highest BCUT2D eigenvalue weighted by atomic mass is 16.4. The summed E-state index contributed by atoms with van der Waals surface area (Å²) >= 11 is 0. The molecule has 1 aromatic carbocycles. The standard InChI is InChI=1S/C11H12N2O3/c1-7-3-2-4-8-10(7)13(11(15)16-8)6-5-9(12)14/h2-4H,5-6H2,1H3,(H2,12,14). The van der Waals surface area contributed by atoms with E-state index in [1.54, 1.807) is 6.07 Å². The van der Waals surface area contributed by atoms with Gasteiger partial charge in [0.25, 0.3) is 0 Å². The molecule has 2 rings (SSSR count). The van der Waals surface area contributed by atoms with Gasteiger partial charge >= 0.3 is 5.76 Å². The van der Waals surface area contributed by atoms with E-state index in [1.807, 2.05) is 19.1 Å². The van der Waals surface area contributed by atoms with Crippen molar-refractivity contribution in [3.63, 3.8) is 0 Å². The molecule has 0 saturated carbocycles. The van der Waals surface area contributed by atoms with Gasteiger partial charge in [-0.15, -0.1) is 0 Å². The molecule has 0 radical (unpaired) electrons. The second-order valence-corrected chi connectivity index (χ2v) is 3.66. The van der Waals surface area contributed by atoms with Gasteiger partial charge < -0.3 is 10.2 Å². The number of carbonyl (C=O) groups excluding carboxylic acids is 1. The molecule has 84 valence electrons. The fraction of sp³-hybridized carbons (Fsp3) is 0.273. The lowest BCUT2D eigenvalue weighted by atomic mass is 10.2. The Bertz CT molecular complexity index is 595. The van der Waals surface area contributed by atoms with Crippen molar-refractivity contribution in [3.8, 4) is 0 Å². The van der Waals surface area contributed by atoms with Gasteiger partial charge in [-0.1, -0.05) is 12.1 Å². The second-order valence-electron chi connectivity index (χ2n) is 3.66. The van der Waals surface area contributed by atoms with Crippen molar-refractivity contribution in [1.82, 2.24) is 4.57 Å². The smallest absolute Gasteiger partial charge is 0.408 e. The van der Waals surface area contributed by atoms with E-state index in [9.17, 15) is 9.59 Å². The Balaban J connectivity index is 2.55. The summed E-state index contributed by atoms with van der Waals surface area (Å²) in [5.41, 5.74) is 7.26. The highest BCUT2D eigenvalue weighted by Crippen LogP contribution is 2.16. The van der Waals surface area contributed by atoms with Gasteiger partial charge in [0.1, 0.15) is 0 Å². The van der Waals surface area contributed by atoms with Crippen molar-refractivity contribution < 1.29 is 9.21 Å². The van der Waals surface area contributed by atoms with Gasteiger partial charge in [0.05, 0.1) is 5.52 Å². The van der Waals surface area contributed by atoms with Crippen LogP contribution < -0.4 is 11.5 Å². The van der Waals surface area contributed by atoms with Crippen molar-refractivity contribution in [2.24, 2.45) is 5.73 Å². The molecule has 1 amide bonds. The molecule has 0 spiro atoms. The van der Waals surface area contributed by atoms with Gasteiger partial charge in [-0.2, -0.15) is 0 Å². The number of carbonyl (C=O) groups is 1. The van der Waals surface area contributed by atoms with E-state index < -0.39 is 11.7 Å². The van der Waals surface area contributed by atoms with Crippen LogP contribution in [0.4, 0.5) is 0 Å². The largest absolute Gasteiger partial charge is 0.419 e. The lowest BCUT2D eigenvalue weighted by Gasteiger charge is -2.01. The third-order valence-corrected chi connectivity index (χ3v) is 2.47. The third kappa shape index (κ3) is 1.71. The Kier molecular flexibility index (Phi) is 2.52. The number of fused-ring (bicyclic) bond motifs is 1. The first-order chi connectivity index (χ1) is 7.59. The Hall–Kier alpha value is -2.04. The molecule has 16 heavy (non-hydrogen) atoms. The van der Waals surface area contributed by atoms with Gasteiger partial charge in [0.15, 0.2) is 5.58 Å². The van der Waals surface area contributed by atoms with Gasteiger partial charge in [0, 0.05) is 13.0 Å². The Morgan fingerprint density at radius 2 is 2.25 bits per heavy atom. The number of oxazole rings is 1. The minimum absolute atomic E-state index is 0.128. The molecular formula is C11H12N2O3. The van der Waals surface area contributed by atoms with Crippen LogP contribution in [-0.2, 0) is 11.3 Å². The molecule has 0 aliphatic heterocycles. The van der Waals surface area contributed by atoms with Crippen LogP contribution >= 0.6 is 0 Å². The summed E-state index contributed by atoms with van der Waals surface area (Å²) in [5.74, 6) is -0.889. The number of primary amides is 1. The number of aromatic nitrogens is 1. The predicted molar refractivity (Wildman–Crippen MR) is 59.0 cm³/mol. The van der Waals surface area contributed by atoms with Crippen molar-refractivity contribution in [1.29, 1.82) is 0 Å². The highest BCUT2D eigenvalue weighted by molar-refractivity contribution is 5.77. The summed E-state index contributed by atoms with van der Waals surface area (Å²) in [6, 6.07) is 5.43. The van der Waals surface area contributed by atoms with Crippen molar-refractivity contribution in [2.75, 3.05) is 0 Å². The molecule has 0 bridgehead atoms. The number of hydrogen-bond donors (Lipinski definition) is 1. The zero-order valence-corrected chi connectivity index (χ0v) is 8.90. The molecule has 0 aliphatic rings. The average Bonchev–Trinajstić information content (AvgIpc) is 2.52. The monoisotopic (exact) mass is 220 g/mol. The molecule has 5 nitrogen and oxygen atoms in total. The van der Waals surface area contributed by atoms with Crippen LogP contribution in [0.15, 0.2) is 27.4 Å². The van der Waals surface area contributed by atoms with E-state index in [4.69, 9.17) is 10.2 Å². The van der Waals surface area contributed by atoms with E-state index in [0.29, 0.717) is 5.58 Å². The normalized spacial score (nSPS) is 10.8. The molecule has 0 atom stereocenters. The number of para-hydroxylation sites is 1. The first-order valence-electron chi connectivity index (χ1n) is 4.97. The molecule has 2 aromatic rings. The predicted octanol–water partition coefficient (Wildman–Crippen LogP) is 0.778. The number of rotatable bonds is 3. The van der Waals surface area contributed by atoms with Crippen molar-refractivity contribution in [3.05, 3.63) is 34.3 Å². The molecule has 1 heterocycles. The van der Waals surface area contributed by atoms with E-state index in [1.165, 1.54) is 4.57 Å². The van der Waals surface area contributed by atoms with Gasteiger partial charge in [-0.05, 0) is 18.6 Å². The number of aryl methyl sites for hydroxylation is 2. The summed E-state index contributed by atoms with van der Waals surface area (Å²) in [6.07, 6.45) is 0.128. The molecule has 0 fully saturated rings. The van der Waals surface area contributed by atoms with Crippen LogP contribution in [0.1, 0.15) is 12.0 Å². The van der Waals surface area contributed by atoms with E-state index in [0.717, 1.165) is 11.1 Å². The molecule has 0 aliphatic carbocycles. The van der Waals surface area contributed by atoms with Gasteiger partial charge in [-0.25, -0.2) is 4.79 Å². The van der Waals surface area contributed by atoms with Crippen LogP contribution in [0.25, 0.3) is 11.1 Å². The quantitative estimate of drug-likeness (QED) is 0.830. The summed E-state index contributed by atoms with van der Waals surface area (Å²) < 4.78 is 6.51. The molecule has 0 saturated heterocycles. The van der Waals surface area contributed by atoms with Crippen LogP contribution in [0.3, 0.4) is 0 Å². The number of hydrogen-bond acceptors (Lipinski definition) is 3. The second kappa shape index (κ2) is 3.84. The van der Waals surface area contributed by atoms with Crippen LogP contribution in [0, 0.1) is 6.92 Å². The third-order valence-electron chi connectivity index (χ3n) is 2.47. The van der Waals surface area contributed by atoms with E-state index in [-0.39, 0.29) is 13.0 Å². The molecule has 0 unspecified atom stereocenters. The molecule has 1 aromatic heterocycles. The topological polar surface area (TPSA) is 78.2 Å². The first kappa shape index (κ1) is 10.5. The van der Waals surface area contributed by atoms with Gasteiger partial charge in [0.2, 0.25) is 5.91 Å². The lowest BCUT2D eigenvalue weighted by molar-refractivity contribution is -0.118. The molecule has 2 N–H and O–H groups in total. The lowest BCUT2D eigenvalue weighted by Crippen LogP contribution is -2.20. The molecule has 5 heteroatoms. The van der Waals surface area contributed by atoms with Crippen LogP contribution in [0.2, 0.25) is 0 Å². The maximum absolute atomic E-state index is 11.5. The molecular weight excluding hydrogens is 208 g/mol. The Labute approximate surface area is 91.5 Å². The van der Waals surface area contributed by atoms with Crippen LogP contribution in [0.5, 0.6) is 0 Å². The van der Waals surface area contributed by atoms with Crippen molar-refractivity contribution >= 4 is 17.0 Å². The zero-order chi connectivity index (χ0) is 11.7. The maximum atomic E-state index is 11.5. The number of amides is 1. The summed E-state index contributed by atoms with van der Waals surface area (Å²) in [5, 5.41) is 0. The number of nitrogens with two attached hydrogens (primary N) is 1. The summed E-state index contributed by atoms with van der Waals surface area (Å²) in [7, 11) is 0. The average molecular weight is 220 g/mol. The SMILES string of the molecule is Cc1cccc2oc(=O)n(CCC(N)=O)c12. The Morgan fingerprint density at radius 1 is 1.50 bits per heavy atom. The van der Waals surface area contributed by atoms with E-state index >= 15 is 0 Å². The first-order valence-corrected chi connectivity index (χ1v) is 4.97. The van der Waals surface area contributed by atoms with Crippen molar-refractivity contribution in [2.45, 2.75) is 19.9 Å². The van der Waals surface area contributed by atoms with Gasteiger partial charge in [-0.3, -0.25) is 9.36 Å².